The summed E-state index contributed by atoms with van der Waals surface area (Å²) in [5, 5.41) is 2.83. The van der Waals surface area contributed by atoms with Crippen molar-refractivity contribution in [1.82, 2.24) is 15.3 Å². The van der Waals surface area contributed by atoms with E-state index in [1.165, 1.54) is 18.3 Å². The van der Waals surface area contributed by atoms with E-state index < -0.39 is 0 Å². The Hall–Kier alpha value is -2.43. The summed E-state index contributed by atoms with van der Waals surface area (Å²) in [5.41, 5.74) is 1.12. The van der Waals surface area contributed by atoms with E-state index in [0.717, 1.165) is 5.56 Å². The van der Waals surface area contributed by atoms with Gasteiger partial charge in [-0.2, -0.15) is 0 Å². The summed E-state index contributed by atoms with van der Waals surface area (Å²) in [6.45, 7) is 1.88. The number of amides is 1. The molecule has 1 unspecified atom stereocenters. The predicted octanol–water partition coefficient (Wildman–Crippen LogP) is 1.26. The van der Waals surface area contributed by atoms with Crippen molar-refractivity contribution in [3.05, 3.63) is 64.3 Å². The molecule has 0 spiro atoms. The number of aromatic nitrogens is 2. The molecule has 2 N–H and O–H groups in total. The Morgan fingerprint density at radius 1 is 1.39 bits per heavy atom. The molecule has 0 saturated carbocycles. The second-order valence-corrected chi connectivity index (χ2v) is 3.92. The first-order chi connectivity index (χ1) is 8.66. The van der Waals surface area contributed by atoms with E-state index >= 15 is 0 Å². The van der Waals surface area contributed by atoms with Crippen LogP contribution in [0.4, 0.5) is 0 Å². The zero-order valence-corrected chi connectivity index (χ0v) is 9.88. The van der Waals surface area contributed by atoms with Gasteiger partial charge < -0.3 is 10.3 Å². The third-order valence-electron chi connectivity index (χ3n) is 2.58. The third kappa shape index (κ3) is 2.82. The standard InChI is InChI=1S/C13H13N3O2/c1-9(10-3-2-6-14-7-10)16-13(18)11-4-5-12(17)15-8-11/h2-9H,1H3,(H,15,17)(H,16,18). The van der Waals surface area contributed by atoms with Gasteiger partial charge in [-0.1, -0.05) is 6.07 Å². The number of carbonyl (C=O) groups is 1. The van der Waals surface area contributed by atoms with Crippen LogP contribution in [0.2, 0.25) is 0 Å². The molecule has 0 bridgehead atoms. The molecule has 0 saturated heterocycles. The quantitative estimate of drug-likeness (QED) is 0.852. The van der Waals surface area contributed by atoms with Crippen LogP contribution in [0.25, 0.3) is 0 Å². The van der Waals surface area contributed by atoms with Gasteiger partial charge in [0.1, 0.15) is 0 Å². The minimum absolute atomic E-state index is 0.141. The monoisotopic (exact) mass is 243 g/mol. The van der Waals surface area contributed by atoms with Gasteiger partial charge in [0.2, 0.25) is 5.56 Å². The predicted molar refractivity (Wildman–Crippen MR) is 67.2 cm³/mol. The molecule has 0 radical (unpaired) electrons. The Balaban J connectivity index is 2.08. The molecule has 0 fully saturated rings. The van der Waals surface area contributed by atoms with Gasteiger partial charge in [-0.15, -0.1) is 0 Å². The highest BCUT2D eigenvalue weighted by atomic mass is 16.2. The second-order valence-electron chi connectivity index (χ2n) is 3.92. The van der Waals surface area contributed by atoms with Gasteiger partial charge in [-0.05, 0) is 24.6 Å². The molecule has 0 aromatic carbocycles. The number of aromatic amines is 1. The summed E-state index contributed by atoms with van der Waals surface area (Å²) in [5.74, 6) is -0.234. The molecular formula is C13H13N3O2. The van der Waals surface area contributed by atoms with E-state index in [0.29, 0.717) is 5.56 Å². The molecule has 0 aliphatic rings. The van der Waals surface area contributed by atoms with E-state index in [-0.39, 0.29) is 17.5 Å². The first-order valence-corrected chi connectivity index (χ1v) is 5.56. The summed E-state index contributed by atoms with van der Waals surface area (Å²) in [6, 6.07) is 6.38. The smallest absolute Gasteiger partial charge is 0.253 e. The topological polar surface area (TPSA) is 74.8 Å². The van der Waals surface area contributed by atoms with Crippen LogP contribution in [0.15, 0.2) is 47.7 Å². The van der Waals surface area contributed by atoms with Crippen molar-refractivity contribution >= 4 is 5.91 Å². The highest BCUT2D eigenvalue weighted by Gasteiger charge is 2.11. The van der Waals surface area contributed by atoms with Crippen LogP contribution >= 0.6 is 0 Å². The number of rotatable bonds is 3. The lowest BCUT2D eigenvalue weighted by Gasteiger charge is -2.13. The maximum Gasteiger partial charge on any atom is 0.253 e. The van der Waals surface area contributed by atoms with E-state index in [9.17, 15) is 9.59 Å². The normalized spacial score (nSPS) is 11.8. The molecule has 2 aromatic rings. The van der Waals surface area contributed by atoms with Gasteiger partial charge in [0.25, 0.3) is 5.91 Å². The summed E-state index contributed by atoms with van der Waals surface area (Å²) < 4.78 is 0. The van der Waals surface area contributed by atoms with Crippen LogP contribution in [-0.2, 0) is 0 Å². The molecule has 5 nitrogen and oxygen atoms in total. The number of H-pyrrole nitrogens is 1. The van der Waals surface area contributed by atoms with Gasteiger partial charge in [-0.25, -0.2) is 0 Å². The molecule has 92 valence electrons. The van der Waals surface area contributed by atoms with E-state index in [4.69, 9.17) is 0 Å². The minimum Gasteiger partial charge on any atom is -0.345 e. The fraction of sp³-hybridized carbons (Fsp3) is 0.154. The Morgan fingerprint density at radius 2 is 2.22 bits per heavy atom. The van der Waals surface area contributed by atoms with Crippen LogP contribution in [0, 0.1) is 0 Å². The van der Waals surface area contributed by atoms with E-state index in [1.807, 2.05) is 19.1 Å². The van der Waals surface area contributed by atoms with Crippen LogP contribution in [0.5, 0.6) is 0 Å². The average Bonchev–Trinajstić information content (AvgIpc) is 2.40. The number of pyridine rings is 2. The molecule has 1 amide bonds. The molecule has 2 heterocycles. The molecule has 18 heavy (non-hydrogen) atoms. The van der Waals surface area contributed by atoms with Crippen molar-refractivity contribution in [3.8, 4) is 0 Å². The Kier molecular flexibility index (Phi) is 3.52. The molecule has 2 aromatic heterocycles. The number of hydrogen-bond donors (Lipinski definition) is 2. The van der Waals surface area contributed by atoms with Gasteiger partial charge >= 0.3 is 0 Å². The Labute approximate surface area is 104 Å². The van der Waals surface area contributed by atoms with Gasteiger partial charge in [-0.3, -0.25) is 14.6 Å². The fourth-order valence-corrected chi connectivity index (χ4v) is 1.55. The molecular weight excluding hydrogens is 230 g/mol. The van der Waals surface area contributed by atoms with Gasteiger partial charge in [0.15, 0.2) is 0 Å². The molecule has 1 atom stereocenters. The van der Waals surface area contributed by atoms with Crippen LogP contribution < -0.4 is 10.9 Å². The third-order valence-corrected chi connectivity index (χ3v) is 2.58. The Morgan fingerprint density at radius 3 is 2.83 bits per heavy atom. The second kappa shape index (κ2) is 5.27. The molecule has 0 aliphatic heterocycles. The summed E-state index contributed by atoms with van der Waals surface area (Å²) in [7, 11) is 0. The maximum absolute atomic E-state index is 11.9. The molecule has 5 heteroatoms. The number of nitrogens with one attached hydrogen (secondary N) is 2. The minimum atomic E-state index is -0.234. The lowest BCUT2D eigenvalue weighted by molar-refractivity contribution is 0.0939. The van der Waals surface area contributed by atoms with Crippen molar-refractivity contribution in [3.63, 3.8) is 0 Å². The zero-order chi connectivity index (χ0) is 13.0. The summed E-state index contributed by atoms with van der Waals surface area (Å²) >= 11 is 0. The van der Waals surface area contributed by atoms with Crippen molar-refractivity contribution in [2.45, 2.75) is 13.0 Å². The van der Waals surface area contributed by atoms with Crippen LogP contribution in [-0.4, -0.2) is 15.9 Å². The molecule has 0 aliphatic carbocycles. The summed E-state index contributed by atoms with van der Waals surface area (Å²) in [6.07, 6.45) is 4.78. The van der Waals surface area contributed by atoms with Crippen molar-refractivity contribution in [2.75, 3.05) is 0 Å². The summed E-state index contributed by atoms with van der Waals surface area (Å²) in [4.78, 5) is 29.2. The van der Waals surface area contributed by atoms with E-state index in [1.54, 1.807) is 12.4 Å². The van der Waals surface area contributed by atoms with Crippen molar-refractivity contribution < 1.29 is 4.79 Å². The fourth-order valence-electron chi connectivity index (χ4n) is 1.55. The van der Waals surface area contributed by atoms with Crippen molar-refractivity contribution in [1.29, 1.82) is 0 Å². The zero-order valence-electron chi connectivity index (χ0n) is 9.88. The highest BCUT2D eigenvalue weighted by Crippen LogP contribution is 2.10. The van der Waals surface area contributed by atoms with Crippen LogP contribution in [0.3, 0.4) is 0 Å². The first kappa shape index (κ1) is 12.0. The van der Waals surface area contributed by atoms with Gasteiger partial charge in [0.05, 0.1) is 11.6 Å². The van der Waals surface area contributed by atoms with Crippen molar-refractivity contribution in [2.24, 2.45) is 0 Å². The highest BCUT2D eigenvalue weighted by molar-refractivity contribution is 5.94. The maximum atomic E-state index is 11.9. The van der Waals surface area contributed by atoms with E-state index in [2.05, 4.69) is 15.3 Å². The first-order valence-electron chi connectivity index (χ1n) is 5.56. The van der Waals surface area contributed by atoms with Gasteiger partial charge in [0, 0.05) is 24.7 Å². The number of nitrogens with zero attached hydrogens (tertiary/aromatic N) is 1. The number of hydrogen-bond acceptors (Lipinski definition) is 3. The average molecular weight is 243 g/mol. The number of carbonyl (C=O) groups excluding carboxylic acids is 1. The Bertz CT molecular complexity index is 572. The molecule has 2 rings (SSSR count). The largest absolute Gasteiger partial charge is 0.345 e. The van der Waals surface area contributed by atoms with Crippen LogP contribution in [0.1, 0.15) is 28.9 Å². The lowest BCUT2D eigenvalue weighted by Crippen LogP contribution is -2.27. The lowest BCUT2D eigenvalue weighted by atomic mass is 10.1. The SMILES string of the molecule is CC(NC(=O)c1ccc(=O)[nH]c1)c1cccnc1.